The summed E-state index contributed by atoms with van der Waals surface area (Å²) in [5.74, 6) is 0.733. The number of hydrogen-bond acceptors (Lipinski definition) is 4. The average Bonchev–Trinajstić information content (AvgIpc) is 2.96. The van der Waals surface area contributed by atoms with E-state index in [1.54, 1.807) is 4.57 Å². The monoisotopic (exact) mass is 346 g/mol. The van der Waals surface area contributed by atoms with E-state index in [-0.39, 0.29) is 18.6 Å². The maximum Gasteiger partial charge on any atom is 0.242 e. The van der Waals surface area contributed by atoms with Gasteiger partial charge in [0, 0.05) is 18.7 Å². The number of nitrogens with zero attached hydrogens (tertiary/aromatic N) is 3. The fraction of sp³-hybridized carbons (Fsp3) is 0.471. The van der Waals surface area contributed by atoms with Crippen LogP contribution < -0.4 is 0 Å². The smallest absolute Gasteiger partial charge is 0.242 e. The van der Waals surface area contributed by atoms with Crippen LogP contribution in [0.2, 0.25) is 0 Å². The van der Waals surface area contributed by atoms with Crippen LogP contribution in [-0.4, -0.2) is 51.4 Å². The number of aryl methyl sites for hydroxylation is 1. The highest BCUT2D eigenvalue weighted by Gasteiger charge is 2.24. The van der Waals surface area contributed by atoms with Gasteiger partial charge in [0.1, 0.15) is 6.54 Å². The zero-order valence-corrected chi connectivity index (χ0v) is 14.8. The normalized spacial score (nSPS) is 17.9. The Bertz CT molecular complexity index is 766. The van der Waals surface area contributed by atoms with Crippen LogP contribution in [0.3, 0.4) is 0 Å². The number of amides is 1. The molecule has 0 unspecified atom stereocenters. The predicted molar refractivity (Wildman–Crippen MR) is 94.2 cm³/mol. The van der Waals surface area contributed by atoms with Crippen LogP contribution in [0.25, 0.3) is 11.4 Å². The molecule has 1 saturated heterocycles. The van der Waals surface area contributed by atoms with E-state index in [2.05, 4.69) is 17.1 Å². The lowest BCUT2D eigenvalue weighted by Crippen LogP contribution is -2.46. The molecule has 1 aromatic carbocycles. The average molecular weight is 346 g/mol. The lowest BCUT2D eigenvalue weighted by Gasteiger charge is -2.32. The lowest BCUT2D eigenvalue weighted by molar-refractivity contribution is -0.139. The van der Waals surface area contributed by atoms with Gasteiger partial charge in [0.2, 0.25) is 5.91 Å². The Labute approximate surface area is 146 Å². The van der Waals surface area contributed by atoms with Gasteiger partial charge in [-0.25, -0.2) is 0 Å². The minimum atomic E-state index is 0.0441. The highest BCUT2D eigenvalue weighted by atomic mass is 32.1. The topological polar surface area (TPSA) is 63.2 Å². The minimum Gasteiger partial charge on any atom is -0.375 e. The van der Waals surface area contributed by atoms with E-state index >= 15 is 0 Å². The third-order valence-electron chi connectivity index (χ3n) is 4.31. The molecule has 1 aromatic heterocycles. The Morgan fingerprint density at radius 1 is 1.42 bits per heavy atom. The summed E-state index contributed by atoms with van der Waals surface area (Å²) in [5, 5.41) is 7.09. The van der Waals surface area contributed by atoms with E-state index < -0.39 is 0 Å². The number of H-pyrrole nitrogens is 1. The standard InChI is InChI=1S/C17H22N4O2S/c1-3-14-10-20(8-9-23-14)15(22)11-21-16(18-19-17(21)24)13-6-4-12(2)5-7-13/h4-7,14H,3,8-11H2,1-2H3,(H,19,24)/t14-/m1/s1. The van der Waals surface area contributed by atoms with Gasteiger partial charge in [0.05, 0.1) is 12.7 Å². The second kappa shape index (κ2) is 7.27. The molecule has 0 aliphatic carbocycles. The number of carbonyl (C=O) groups is 1. The van der Waals surface area contributed by atoms with Gasteiger partial charge in [-0.15, -0.1) is 0 Å². The van der Waals surface area contributed by atoms with Gasteiger partial charge in [0.25, 0.3) is 0 Å². The van der Waals surface area contributed by atoms with Crippen LogP contribution in [0.15, 0.2) is 24.3 Å². The van der Waals surface area contributed by atoms with Gasteiger partial charge < -0.3 is 9.64 Å². The number of hydrogen-bond donors (Lipinski definition) is 1. The second-order valence-corrected chi connectivity index (χ2v) is 6.43. The molecule has 7 heteroatoms. The molecule has 1 amide bonds. The third kappa shape index (κ3) is 3.57. The molecule has 0 saturated carbocycles. The number of ether oxygens (including phenoxy) is 1. The first kappa shape index (κ1) is 16.9. The molecule has 6 nitrogen and oxygen atoms in total. The van der Waals surface area contributed by atoms with Crippen LogP contribution in [0, 0.1) is 11.7 Å². The van der Waals surface area contributed by atoms with Crippen molar-refractivity contribution in [1.82, 2.24) is 19.7 Å². The number of benzene rings is 1. The third-order valence-corrected chi connectivity index (χ3v) is 4.62. The van der Waals surface area contributed by atoms with E-state index in [1.807, 2.05) is 36.1 Å². The minimum absolute atomic E-state index is 0.0441. The van der Waals surface area contributed by atoms with Crippen molar-refractivity contribution in [3.05, 3.63) is 34.6 Å². The molecule has 1 aliphatic rings. The predicted octanol–water partition coefficient (Wildman–Crippen LogP) is 2.55. The van der Waals surface area contributed by atoms with Gasteiger partial charge >= 0.3 is 0 Å². The van der Waals surface area contributed by atoms with E-state index in [4.69, 9.17) is 17.0 Å². The molecule has 1 N–H and O–H groups in total. The second-order valence-electron chi connectivity index (χ2n) is 6.05. The summed E-state index contributed by atoms with van der Waals surface area (Å²) in [6.07, 6.45) is 1.03. The first-order valence-electron chi connectivity index (χ1n) is 8.20. The van der Waals surface area contributed by atoms with Crippen LogP contribution in [0.1, 0.15) is 18.9 Å². The Morgan fingerprint density at radius 2 is 2.17 bits per heavy atom. The molecule has 3 rings (SSSR count). The van der Waals surface area contributed by atoms with Crippen LogP contribution in [-0.2, 0) is 16.1 Å². The molecule has 0 bridgehead atoms. The molecule has 0 spiro atoms. The first-order valence-corrected chi connectivity index (χ1v) is 8.61. The number of rotatable bonds is 4. The summed E-state index contributed by atoms with van der Waals surface area (Å²) in [5.41, 5.74) is 2.11. The Morgan fingerprint density at radius 3 is 2.88 bits per heavy atom. The number of morpholine rings is 1. The maximum atomic E-state index is 12.7. The molecular formula is C17H22N4O2S. The van der Waals surface area contributed by atoms with Crippen molar-refractivity contribution in [2.45, 2.75) is 32.9 Å². The zero-order chi connectivity index (χ0) is 17.1. The zero-order valence-electron chi connectivity index (χ0n) is 14.0. The quantitative estimate of drug-likeness (QED) is 0.864. The van der Waals surface area contributed by atoms with E-state index in [1.165, 1.54) is 5.56 Å². The van der Waals surface area contributed by atoms with Crippen molar-refractivity contribution in [3.8, 4) is 11.4 Å². The molecule has 2 heterocycles. The number of carbonyl (C=O) groups excluding carboxylic acids is 1. The van der Waals surface area contributed by atoms with Crippen molar-refractivity contribution in [2.24, 2.45) is 0 Å². The summed E-state index contributed by atoms with van der Waals surface area (Å²) in [4.78, 5) is 14.5. The van der Waals surface area contributed by atoms with Gasteiger partial charge in [-0.1, -0.05) is 36.8 Å². The van der Waals surface area contributed by atoms with Crippen molar-refractivity contribution < 1.29 is 9.53 Å². The molecular weight excluding hydrogens is 324 g/mol. The maximum absolute atomic E-state index is 12.7. The van der Waals surface area contributed by atoms with Gasteiger partial charge in [-0.05, 0) is 25.6 Å². The van der Waals surface area contributed by atoms with Crippen molar-refractivity contribution in [2.75, 3.05) is 19.7 Å². The van der Waals surface area contributed by atoms with E-state index in [9.17, 15) is 4.79 Å². The highest BCUT2D eigenvalue weighted by molar-refractivity contribution is 7.71. The Hall–Kier alpha value is -1.99. The van der Waals surface area contributed by atoms with E-state index in [0.29, 0.717) is 30.3 Å². The fourth-order valence-electron chi connectivity index (χ4n) is 2.82. The largest absolute Gasteiger partial charge is 0.375 e. The van der Waals surface area contributed by atoms with Crippen molar-refractivity contribution >= 4 is 18.1 Å². The SMILES string of the molecule is CC[C@@H]1CN(C(=O)Cn2c(-c3ccc(C)cc3)n[nH]c2=S)CCO1. The molecule has 1 fully saturated rings. The van der Waals surface area contributed by atoms with Gasteiger partial charge in [-0.2, -0.15) is 5.10 Å². The van der Waals surface area contributed by atoms with Crippen LogP contribution in [0.5, 0.6) is 0 Å². The van der Waals surface area contributed by atoms with Crippen molar-refractivity contribution in [1.29, 1.82) is 0 Å². The van der Waals surface area contributed by atoms with Gasteiger partial charge in [0.15, 0.2) is 10.6 Å². The molecule has 128 valence electrons. The number of nitrogens with one attached hydrogen (secondary N) is 1. The molecule has 2 aromatic rings. The van der Waals surface area contributed by atoms with Crippen molar-refractivity contribution in [3.63, 3.8) is 0 Å². The van der Waals surface area contributed by atoms with Crippen LogP contribution in [0.4, 0.5) is 0 Å². The Balaban J connectivity index is 1.80. The fourth-order valence-corrected chi connectivity index (χ4v) is 3.01. The highest BCUT2D eigenvalue weighted by Crippen LogP contribution is 2.18. The molecule has 24 heavy (non-hydrogen) atoms. The van der Waals surface area contributed by atoms with E-state index in [0.717, 1.165) is 12.0 Å². The Kier molecular flexibility index (Phi) is 5.11. The number of aromatic amines is 1. The summed E-state index contributed by atoms with van der Waals surface area (Å²) >= 11 is 5.31. The first-order chi connectivity index (χ1) is 11.6. The van der Waals surface area contributed by atoms with Crippen LogP contribution >= 0.6 is 12.2 Å². The summed E-state index contributed by atoms with van der Waals surface area (Å²) in [6, 6.07) is 8.02. The summed E-state index contributed by atoms with van der Waals surface area (Å²) in [6.45, 7) is 6.15. The molecule has 0 radical (unpaired) electrons. The summed E-state index contributed by atoms with van der Waals surface area (Å²) < 4.78 is 7.85. The van der Waals surface area contributed by atoms with Gasteiger partial charge in [-0.3, -0.25) is 14.5 Å². The summed E-state index contributed by atoms with van der Waals surface area (Å²) in [7, 11) is 0. The number of aromatic nitrogens is 3. The molecule has 1 aliphatic heterocycles. The lowest BCUT2D eigenvalue weighted by atomic mass is 10.1. The molecule has 1 atom stereocenters.